The van der Waals surface area contributed by atoms with Crippen molar-refractivity contribution in [2.75, 3.05) is 12.5 Å². The predicted octanol–water partition coefficient (Wildman–Crippen LogP) is 10.7. The van der Waals surface area contributed by atoms with Crippen molar-refractivity contribution in [3.8, 4) is 16.9 Å². The number of thioether (sulfide) groups is 2. The van der Waals surface area contributed by atoms with E-state index in [4.69, 9.17) is 4.74 Å². The number of fused-ring (bicyclic) bond motifs is 8. The van der Waals surface area contributed by atoms with Crippen LogP contribution >= 0.6 is 23.5 Å². The zero-order valence-corrected chi connectivity index (χ0v) is 25.7. The molecule has 0 radical (unpaired) electrons. The van der Waals surface area contributed by atoms with E-state index in [1.165, 1.54) is 48.4 Å². The molecule has 1 nitrogen and oxygen atoms in total. The lowest BCUT2D eigenvalue weighted by Crippen LogP contribution is -2.35. The first-order valence-corrected chi connectivity index (χ1v) is 16.9. The molecule has 0 saturated heterocycles. The molecule has 0 saturated carbocycles. The quantitative estimate of drug-likeness (QED) is 0.188. The van der Waals surface area contributed by atoms with Crippen LogP contribution in [-0.2, 0) is 11.0 Å². The second-order valence-corrected chi connectivity index (χ2v) is 12.8. The highest BCUT2D eigenvalue weighted by Gasteiger charge is 2.46. The van der Waals surface area contributed by atoms with Crippen molar-refractivity contribution in [2.24, 2.45) is 0 Å². The Kier molecular flexibility index (Phi) is 6.56. The molecule has 1 aliphatic carbocycles. The normalized spacial score (nSPS) is 15.7. The molecule has 0 N–H and O–H groups in total. The SMILES string of the molecule is CCC1(CC)c2ccccc2-c2c1c1c(c3ccccc23)OC(c2ccc(SC)cc2)(c2ccc(SC)cc2)C=C1. The van der Waals surface area contributed by atoms with E-state index in [1.54, 1.807) is 23.5 Å². The number of hydrogen-bond donors (Lipinski definition) is 0. The minimum atomic E-state index is -0.732. The summed E-state index contributed by atoms with van der Waals surface area (Å²) >= 11 is 3.53. The Bertz CT molecular complexity index is 1750. The maximum Gasteiger partial charge on any atom is 0.178 e. The molecule has 0 amide bonds. The van der Waals surface area contributed by atoms with E-state index in [9.17, 15) is 0 Å². The molecule has 204 valence electrons. The van der Waals surface area contributed by atoms with Gasteiger partial charge in [-0.1, -0.05) is 92.7 Å². The van der Waals surface area contributed by atoms with Gasteiger partial charge in [-0.2, -0.15) is 0 Å². The molecule has 7 rings (SSSR count). The van der Waals surface area contributed by atoms with E-state index >= 15 is 0 Å². The topological polar surface area (TPSA) is 9.23 Å². The summed E-state index contributed by atoms with van der Waals surface area (Å²) in [5.41, 5.74) is 8.36. The third-order valence-electron chi connectivity index (χ3n) is 9.39. The van der Waals surface area contributed by atoms with Crippen LogP contribution in [0.4, 0.5) is 0 Å². The molecule has 0 bridgehead atoms. The van der Waals surface area contributed by atoms with Crippen LogP contribution in [0.15, 0.2) is 113 Å². The van der Waals surface area contributed by atoms with Crippen LogP contribution in [0.1, 0.15) is 54.5 Å². The summed E-state index contributed by atoms with van der Waals surface area (Å²) in [6, 6.07) is 35.7. The van der Waals surface area contributed by atoms with Crippen LogP contribution in [0.5, 0.6) is 5.75 Å². The molecule has 41 heavy (non-hydrogen) atoms. The first-order valence-electron chi connectivity index (χ1n) is 14.5. The molecule has 3 heteroatoms. The molecule has 5 aromatic rings. The summed E-state index contributed by atoms with van der Waals surface area (Å²) in [6.07, 6.45) is 11.0. The molecule has 0 aromatic heterocycles. The van der Waals surface area contributed by atoms with Crippen molar-refractivity contribution in [2.45, 2.75) is 47.5 Å². The summed E-state index contributed by atoms with van der Waals surface area (Å²) in [4.78, 5) is 2.50. The summed E-state index contributed by atoms with van der Waals surface area (Å²) < 4.78 is 7.46. The van der Waals surface area contributed by atoms with Crippen LogP contribution in [0.3, 0.4) is 0 Å². The molecule has 5 aromatic carbocycles. The van der Waals surface area contributed by atoms with Gasteiger partial charge in [0.15, 0.2) is 5.60 Å². The summed E-state index contributed by atoms with van der Waals surface area (Å²) in [5.74, 6) is 0.990. The lowest BCUT2D eigenvalue weighted by molar-refractivity contribution is 0.163. The standard InChI is InChI=1S/C38H34OS2/c1-5-37(6-2)33-14-10-9-13-31(33)34-29-11-7-8-12-30(29)36-32(35(34)37)23-24-38(39-36,25-15-19-27(40-3)20-16-25)26-17-21-28(41-4)22-18-26/h7-24H,5-6H2,1-4H3. The zero-order chi connectivity index (χ0) is 28.2. The maximum atomic E-state index is 7.46. The maximum absolute atomic E-state index is 7.46. The number of ether oxygens (including phenoxy) is 1. The van der Waals surface area contributed by atoms with Gasteiger partial charge in [0.25, 0.3) is 0 Å². The molecule has 1 heterocycles. The largest absolute Gasteiger partial charge is 0.472 e. The third-order valence-corrected chi connectivity index (χ3v) is 10.9. The first kappa shape index (κ1) is 26.5. The van der Waals surface area contributed by atoms with Gasteiger partial charge < -0.3 is 4.74 Å². The van der Waals surface area contributed by atoms with Crippen LogP contribution < -0.4 is 4.74 Å². The lowest BCUT2D eigenvalue weighted by atomic mass is 9.71. The van der Waals surface area contributed by atoms with E-state index < -0.39 is 5.60 Å². The third kappa shape index (κ3) is 3.78. The fraction of sp³-hybridized carbons (Fsp3) is 0.211. The monoisotopic (exact) mass is 570 g/mol. The van der Waals surface area contributed by atoms with Gasteiger partial charge in [0.05, 0.1) is 0 Å². The first-order chi connectivity index (χ1) is 20.1. The Morgan fingerprint density at radius 1 is 0.659 bits per heavy atom. The average molecular weight is 571 g/mol. The van der Waals surface area contributed by atoms with E-state index in [0.29, 0.717) is 0 Å². The van der Waals surface area contributed by atoms with Crippen molar-refractivity contribution in [3.63, 3.8) is 0 Å². The van der Waals surface area contributed by atoms with E-state index in [-0.39, 0.29) is 5.41 Å². The van der Waals surface area contributed by atoms with E-state index in [0.717, 1.165) is 29.7 Å². The molecule has 2 aliphatic rings. The average Bonchev–Trinajstić information content (AvgIpc) is 3.35. The van der Waals surface area contributed by atoms with E-state index in [1.807, 2.05) is 0 Å². The number of rotatable bonds is 6. The van der Waals surface area contributed by atoms with Crippen molar-refractivity contribution < 1.29 is 4.74 Å². The lowest BCUT2D eigenvalue weighted by Gasteiger charge is -2.39. The molecule has 0 unspecified atom stereocenters. The van der Waals surface area contributed by atoms with Gasteiger partial charge in [0.1, 0.15) is 5.75 Å². The van der Waals surface area contributed by atoms with E-state index in [2.05, 4.69) is 136 Å². The number of hydrogen-bond acceptors (Lipinski definition) is 3. The highest BCUT2D eigenvalue weighted by atomic mass is 32.2. The second kappa shape index (κ2) is 10.2. The molecule has 0 spiro atoms. The second-order valence-electron chi connectivity index (χ2n) is 11.0. The fourth-order valence-electron chi connectivity index (χ4n) is 7.26. The zero-order valence-electron chi connectivity index (χ0n) is 24.0. The molecular weight excluding hydrogens is 537 g/mol. The Balaban J connectivity index is 1.54. The fourth-order valence-corrected chi connectivity index (χ4v) is 8.08. The van der Waals surface area contributed by atoms with Crippen LogP contribution in [0, 0.1) is 0 Å². The Morgan fingerprint density at radius 3 is 1.80 bits per heavy atom. The number of benzene rings is 5. The highest BCUT2D eigenvalue weighted by molar-refractivity contribution is 7.98. The summed E-state index contributed by atoms with van der Waals surface area (Å²) in [7, 11) is 0. The molecule has 1 aliphatic heterocycles. The highest BCUT2D eigenvalue weighted by Crippen LogP contribution is 2.60. The van der Waals surface area contributed by atoms with Gasteiger partial charge in [-0.3, -0.25) is 0 Å². The Labute approximate surface area is 252 Å². The Hall–Kier alpha value is -3.40. The predicted molar refractivity (Wildman–Crippen MR) is 178 cm³/mol. The smallest absolute Gasteiger partial charge is 0.178 e. The summed E-state index contributed by atoms with van der Waals surface area (Å²) in [5, 5.41) is 2.45. The van der Waals surface area contributed by atoms with Crippen molar-refractivity contribution in [1.82, 2.24) is 0 Å². The minimum absolute atomic E-state index is 0.0479. The van der Waals surface area contributed by atoms with Crippen LogP contribution in [0.25, 0.3) is 28.0 Å². The van der Waals surface area contributed by atoms with Crippen LogP contribution in [-0.4, -0.2) is 12.5 Å². The molecular formula is C38H34OS2. The van der Waals surface area contributed by atoms with Gasteiger partial charge >= 0.3 is 0 Å². The van der Waals surface area contributed by atoms with Gasteiger partial charge in [-0.05, 0) is 83.3 Å². The van der Waals surface area contributed by atoms with Gasteiger partial charge in [0.2, 0.25) is 0 Å². The minimum Gasteiger partial charge on any atom is -0.472 e. The van der Waals surface area contributed by atoms with Crippen molar-refractivity contribution >= 4 is 40.4 Å². The van der Waals surface area contributed by atoms with Gasteiger partial charge in [-0.15, -0.1) is 23.5 Å². The van der Waals surface area contributed by atoms with Crippen LogP contribution in [0.2, 0.25) is 0 Å². The molecule has 0 atom stereocenters. The Morgan fingerprint density at radius 2 is 1.22 bits per heavy atom. The van der Waals surface area contributed by atoms with Crippen molar-refractivity contribution in [1.29, 1.82) is 0 Å². The van der Waals surface area contributed by atoms with Gasteiger partial charge in [-0.25, -0.2) is 0 Å². The summed E-state index contributed by atoms with van der Waals surface area (Å²) in [6.45, 7) is 4.69. The molecule has 0 fully saturated rings. The van der Waals surface area contributed by atoms with Crippen molar-refractivity contribution in [3.05, 3.63) is 131 Å². The van der Waals surface area contributed by atoms with Gasteiger partial charge in [0, 0.05) is 37.3 Å².